The highest BCUT2D eigenvalue weighted by atomic mass is 32.2. The van der Waals surface area contributed by atoms with Gasteiger partial charge in [0.15, 0.2) is 0 Å². The molecule has 0 spiro atoms. The van der Waals surface area contributed by atoms with Gasteiger partial charge in [0.25, 0.3) is 0 Å². The van der Waals surface area contributed by atoms with Crippen LogP contribution in [-0.2, 0) is 14.8 Å². The van der Waals surface area contributed by atoms with Crippen molar-refractivity contribution in [1.82, 2.24) is 9.62 Å². The number of amides is 1. The summed E-state index contributed by atoms with van der Waals surface area (Å²) in [6.45, 7) is 0.814. The first-order valence-electron chi connectivity index (χ1n) is 10.6. The van der Waals surface area contributed by atoms with Crippen molar-refractivity contribution in [2.45, 2.75) is 63.8 Å². The molecule has 1 aliphatic carbocycles. The van der Waals surface area contributed by atoms with E-state index < -0.39 is 10.0 Å². The molecule has 3 rings (SSSR count). The Morgan fingerprint density at radius 3 is 2.18 bits per heavy atom. The Morgan fingerprint density at radius 2 is 1.54 bits per heavy atom. The third kappa shape index (κ3) is 6.17. The number of sulfonamides is 1. The van der Waals surface area contributed by atoms with Crippen molar-refractivity contribution >= 4 is 22.0 Å². The van der Waals surface area contributed by atoms with E-state index in [1.807, 2.05) is 30.3 Å². The summed E-state index contributed by atoms with van der Waals surface area (Å²) in [5.74, 6) is 0.0393. The lowest BCUT2D eigenvalue weighted by atomic mass is 9.94. The highest BCUT2D eigenvalue weighted by Gasteiger charge is 2.30. The first-order valence-corrected chi connectivity index (χ1v) is 12.1. The van der Waals surface area contributed by atoms with E-state index in [2.05, 4.69) is 5.32 Å². The van der Waals surface area contributed by atoms with Crippen LogP contribution in [0.5, 0.6) is 0 Å². The summed E-state index contributed by atoms with van der Waals surface area (Å²) in [5, 5.41) is 4.51. The van der Waals surface area contributed by atoms with E-state index in [1.54, 1.807) is 6.08 Å². The maximum atomic E-state index is 12.6. The molecule has 28 heavy (non-hydrogen) atoms. The van der Waals surface area contributed by atoms with Gasteiger partial charge in [-0.15, -0.1) is 0 Å². The van der Waals surface area contributed by atoms with E-state index in [0.717, 1.165) is 18.4 Å². The van der Waals surface area contributed by atoms with E-state index in [9.17, 15) is 13.2 Å². The van der Waals surface area contributed by atoms with Crippen LogP contribution in [0.25, 0.3) is 6.08 Å². The van der Waals surface area contributed by atoms with Crippen molar-refractivity contribution in [2.75, 3.05) is 13.1 Å². The Bertz CT molecular complexity index is 745. The normalized spacial score (nSPS) is 21.3. The van der Waals surface area contributed by atoms with Gasteiger partial charge in [-0.3, -0.25) is 4.79 Å². The predicted octanol–water partition coefficient (Wildman–Crippen LogP) is 3.93. The molecule has 154 valence electrons. The fourth-order valence-corrected chi connectivity index (χ4v) is 5.33. The maximum absolute atomic E-state index is 12.6. The summed E-state index contributed by atoms with van der Waals surface area (Å²) >= 11 is 0. The Labute approximate surface area is 169 Å². The number of carbonyl (C=O) groups is 1. The standard InChI is InChI=1S/C22H32N2O3S/c25-22(23-21-11-7-2-1-3-8-12-21)20-13-16-24(17-14-20)28(26,27)18-15-19-9-5-4-6-10-19/h4-6,9-10,15,18,20-21H,1-3,7-8,11-14,16-17H2,(H,23,25)/b18-15+. The molecule has 1 heterocycles. The monoisotopic (exact) mass is 404 g/mol. The summed E-state index contributed by atoms with van der Waals surface area (Å²) < 4.78 is 26.6. The lowest BCUT2D eigenvalue weighted by Gasteiger charge is -2.31. The maximum Gasteiger partial charge on any atom is 0.236 e. The van der Waals surface area contributed by atoms with Crippen LogP contribution in [0, 0.1) is 5.92 Å². The van der Waals surface area contributed by atoms with Crippen LogP contribution < -0.4 is 5.32 Å². The molecule has 0 atom stereocenters. The van der Waals surface area contributed by atoms with Gasteiger partial charge in [0, 0.05) is 30.5 Å². The Hall–Kier alpha value is -1.66. The van der Waals surface area contributed by atoms with Gasteiger partial charge in [-0.25, -0.2) is 8.42 Å². The van der Waals surface area contributed by atoms with Crippen LogP contribution in [0.4, 0.5) is 0 Å². The number of hydrogen-bond acceptors (Lipinski definition) is 3. The second-order valence-electron chi connectivity index (χ2n) is 7.98. The third-order valence-corrected chi connectivity index (χ3v) is 7.43. The van der Waals surface area contributed by atoms with Crippen LogP contribution in [0.2, 0.25) is 0 Å². The zero-order valence-electron chi connectivity index (χ0n) is 16.6. The first kappa shape index (κ1) is 21.1. The predicted molar refractivity (Wildman–Crippen MR) is 113 cm³/mol. The van der Waals surface area contributed by atoms with Crippen molar-refractivity contribution in [2.24, 2.45) is 5.92 Å². The molecule has 0 bridgehead atoms. The number of nitrogens with one attached hydrogen (secondary N) is 1. The summed E-state index contributed by atoms with van der Waals surface area (Å²) in [6, 6.07) is 9.70. The van der Waals surface area contributed by atoms with Gasteiger partial charge in [0.05, 0.1) is 0 Å². The second-order valence-corrected chi connectivity index (χ2v) is 9.80. The minimum atomic E-state index is -3.45. The summed E-state index contributed by atoms with van der Waals surface area (Å²) in [7, 11) is -3.45. The molecule has 1 N–H and O–H groups in total. The Kier molecular flexibility index (Phi) is 7.68. The van der Waals surface area contributed by atoms with Gasteiger partial charge in [-0.05, 0) is 37.3 Å². The molecular weight excluding hydrogens is 372 g/mol. The zero-order chi connectivity index (χ0) is 19.8. The van der Waals surface area contributed by atoms with Gasteiger partial charge in [-0.2, -0.15) is 4.31 Å². The van der Waals surface area contributed by atoms with Gasteiger partial charge in [0.1, 0.15) is 0 Å². The molecule has 0 aromatic heterocycles. The van der Waals surface area contributed by atoms with Crippen LogP contribution in [0.1, 0.15) is 63.4 Å². The van der Waals surface area contributed by atoms with Crippen LogP contribution >= 0.6 is 0 Å². The lowest BCUT2D eigenvalue weighted by molar-refractivity contribution is -0.127. The molecule has 1 saturated carbocycles. The smallest absolute Gasteiger partial charge is 0.236 e. The largest absolute Gasteiger partial charge is 0.353 e. The number of piperidine rings is 1. The molecule has 1 aromatic carbocycles. The van der Waals surface area contributed by atoms with E-state index in [-0.39, 0.29) is 11.8 Å². The first-order chi connectivity index (χ1) is 13.5. The summed E-state index contributed by atoms with van der Waals surface area (Å²) in [4.78, 5) is 12.6. The fourth-order valence-electron chi connectivity index (χ4n) is 4.11. The summed E-state index contributed by atoms with van der Waals surface area (Å²) in [5.41, 5.74) is 0.861. The molecule has 1 aromatic rings. The molecule has 1 saturated heterocycles. The van der Waals surface area contributed by atoms with Gasteiger partial charge >= 0.3 is 0 Å². The Balaban J connectivity index is 1.49. The third-order valence-electron chi connectivity index (χ3n) is 5.87. The molecule has 2 fully saturated rings. The van der Waals surface area contributed by atoms with Crippen LogP contribution in [0.3, 0.4) is 0 Å². The highest BCUT2D eigenvalue weighted by Crippen LogP contribution is 2.23. The molecule has 2 aliphatic rings. The number of hydrogen-bond donors (Lipinski definition) is 1. The number of rotatable bonds is 5. The number of nitrogens with zero attached hydrogens (tertiary/aromatic N) is 1. The molecule has 5 nitrogen and oxygen atoms in total. The van der Waals surface area contributed by atoms with Gasteiger partial charge in [-0.1, -0.05) is 62.4 Å². The average molecular weight is 405 g/mol. The van der Waals surface area contributed by atoms with Crippen LogP contribution in [0.15, 0.2) is 35.7 Å². The molecule has 1 aliphatic heterocycles. The zero-order valence-corrected chi connectivity index (χ0v) is 17.4. The quantitative estimate of drug-likeness (QED) is 0.809. The van der Waals surface area contributed by atoms with Gasteiger partial charge in [0.2, 0.25) is 15.9 Å². The lowest BCUT2D eigenvalue weighted by Crippen LogP contribution is -2.45. The van der Waals surface area contributed by atoms with E-state index >= 15 is 0 Å². The molecule has 0 radical (unpaired) electrons. The molecule has 0 unspecified atom stereocenters. The Morgan fingerprint density at radius 1 is 0.929 bits per heavy atom. The topological polar surface area (TPSA) is 66.5 Å². The molecule has 1 amide bonds. The van der Waals surface area contributed by atoms with E-state index in [4.69, 9.17) is 0 Å². The van der Waals surface area contributed by atoms with Crippen molar-refractivity contribution in [3.8, 4) is 0 Å². The van der Waals surface area contributed by atoms with Crippen molar-refractivity contribution < 1.29 is 13.2 Å². The van der Waals surface area contributed by atoms with Crippen molar-refractivity contribution in [1.29, 1.82) is 0 Å². The fraction of sp³-hybridized carbons (Fsp3) is 0.591. The SMILES string of the molecule is O=C(NC1CCCCCCC1)C1CCN(S(=O)(=O)/C=C/c2ccccc2)CC1. The minimum Gasteiger partial charge on any atom is -0.353 e. The number of benzene rings is 1. The minimum absolute atomic E-state index is 0.0741. The van der Waals surface area contributed by atoms with Gasteiger partial charge < -0.3 is 5.32 Å². The molecule has 6 heteroatoms. The van der Waals surface area contributed by atoms with E-state index in [0.29, 0.717) is 32.0 Å². The van der Waals surface area contributed by atoms with Crippen molar-refractivity contribution in [3.63, 3.8) is 0 Å². The van der Waals surface area contributed by atoms with Crippen LogP contribution in [-0.4, -0.2) is 37.8 Å². The second kappa shape index (κ2) is 10.2. The summed E-state index contributed by atoms with van der Waals surface area (Å²) in [6.07, 6.45) is 11.2. The van der Waals surface area contributed by atoms with E-state index in [1.165, 1.54) is 41.8 Å². The number of carbonyl (C=O) groups excluding carboxylic acids is 1. The molecular formula is C22H32N2O3S. The van der Waals surface area contributed by atoms with Crippen molar-refractivity contribution in [3.05, 3.63) is 41.3 Å². The highest BCUT2D eigenvalue weighted by molar-refractivity contribution is 7.92. The average Bonchev–Trinajstić information content (AvgIpc) is 2.69.